The summed E-state index contributed by atoms with van der Waals surface area (Å²) in [5.41, 5.74) is 1.04. The molecule has 0 aliphatic carbocycles. The maximum absolute atomic E-state index is 8.64. The quantitative estimate of drug-likeness (QED) is 0.824. The number of rotatable bonds is 5. The van der Waals surface area contributed by atoms with Crippen LogP contribution in [0.1, 0.15) is 38.2 Å². The normalized spacial score (nSPS) is 20.1. The third-order valence-corrected chi connectivity index (χ3v) is 4.04. The van der Waals surface area contributed by atoms with E-state index in [1.165, 1.54) is 32.2 Å². The van der Waals surface area contributed by atoms with E-state index in [0.717, 1.165) is 24.5 Å². The highest BCUT2D eigenvalue weighted by atomic mass is 16.5. The molecule has 0 amide bonds. The molecule has 0 radical (unpaired) electrons. The van der Waals surface area contributed by atoms with Crippen LogP contribution >= 0.6 is 0 Å². The van der Waals surface area contributed by atoms with Crippen molar-refractivity contribution in [2.24, 2.45) is 0 Å². The third kappa shape index (κ3) is 4.54. The fourth-order valence-electron chi connectivity index (χ4n) is 2.74. The topological polar surface area (TPSA) is 36.3 Å². The third-order valence-electron chi connectivity index (χ3n) is 4.04. The van der Waals surface area contributed by atoms with Crippen LogP contribution in [0.2, 0.25) is 0 Å². The van der Waals surface area contributed by atoms with Crippen LogP contribution in [0.25, 0.3) is 0 Å². The van der Waals surface area contributed by atoms with Crippen molar-refractivity contribution in [2.45, 2.75) is 45.1 Å². The molecule has 0 N–H and O–H groups in total. The van der Waals surface area contributed by atoms with Crippen LogP contribution in [-0.4, -0.2) is 30.6 Å². The van der Waals surface area contributed by atoms with E-state index in [1.807, 2.05) is 24.3 Å². The fourth-order valence-corrected chi connectivity index (χ4v) is 2.74. The van der Waals surface area contributed by atoms with Crippen molar-refractivity contribution in [1.29, 1.82) is 5.26 Å². The van der Waals surface area contributed by atoms with Gasteiger partial charge in [-0.2, -0.15) is 5.26 Å². The van der Waals surface area contributed by atoms with Gasteiger partial charge in [0.25, 0.3) is 0 Å². The van der Waals surface area contributed by atoms with Crippen LogP contribution < -0.4 is 4.74 Å². The Labute approximate surface area is 122 Å². The standard InChI is InChI=1S/C17H24N2O/c1-15-5-3-2-4-12-19(15)13-14-20-17-8-6-16(7-9-17)10-11-18/h6-9,15H,2-5,10,12-14H2,1H3. The zero-order chi connectivity index (χ0) is 14.2. The molecule has 1 aromatic carbocycles. The average Bonchev–Trinajstić information content (AvgIpc) is 2.66. The van der Waals surface area contributed by atoms with Gasteiger partial charge in [0.2, 0.25) is 0 Å². The van der Waals surface area contributed by atoms with E-state index >= 15 is 0 Å². The minimum atomic E-state index is 0.464. The van der Waals surface area contributed by atoms with E-state index in [0.29, 0.717) is 12.5 Å². The van der Waals surface area contributed by atoms with Crippen LogP contribution in [0.5, 0.6) is 5.75 Å². The summed E-state index contributed by atoms with van der Waals surface area (Å²) in [6.45, 7) is 5.26. The summed E-state index contributed by atoms with van der Waals surface area (Å²) in [4.78, 5) is 2.54. The van der Waals surface area contributed by atoms with Crippen LogP contribution in [0.15, 0.2) is 24.3 Å². The number of nitrogens with zero attached hydrogens (tertiary/aromatic N) is 2. The summed E-state index contributed by atoms with van der Waals surface area (Å²) in [5, 5.41) is 8.64. The van der Waals surface area contributed by atoms with Crippen molar-refractivity contribution < 1.29 is 4.74 Å². The van der Waals surface area contributed by atoms with Gasteiger partial charge in [0, 0.05) is 12.6 Å². The molecule has 0 saturated carbocycles. The first kappa shape index (κ1) is 14.9. The SMILES string of the molecule is CC1CCCCCN1CCOc1ccc(CC#N)cc1. The minimum absolute atomic E-state index is 0.464. The Bertz CT molecular complexity index is 435. The van der Waals surface area contributed by atoms with E-state index < -0.39 is 0 Å². The number of likely N-dealkylation sites (tertiary alicyclic amines) is 1. The molecule has 1 unspecified atom stereocenters. The number of nitriles is 1. The van der Waals surface area contributed by atoms with E-state index in [4.69, 9.17) is 10.00 Å². The number of benzene rings is 1. The molecule has 0 spiro atoms. The molecule has 1 heterocycles. The first-order valence-corrected chi connectivity index (χ1v) is 7.62. The first-order valence-electron chi connectivity index (χ1n) is 7.62. The van der Waals surface area contributed by atoms with E-state index in [2.05, 4.69) is 17.9 Å². The highest BCUT2D eigenvalue weighted by molar-refractivity contribution is 5.28. The van der Waals surface area contributed by atoms with Gasteiger partial charge in [-0.05, 0) is 44.0 Å². The van der Waals surface area contributed by atoms with Crippen molar-refractivity contribution in [3.8, 4) is 11.8 Å². The minimum Gasteiger partial charge on any atom is -0.492 e. The second-order valence-corrected chi connectivity index (χ2v) is 5.56. The molecular formula is C17H24N2O. The molecule has 1 fully saturated rings. The average molecular weight is 272 g/mol. The highest BCUT2D eigenvalue weighted by Crippen LogP contribution is 2.16. The smallest absolute Gasteiger partial charge is 0.119 e. The summed E-state index contributed by atoms with van der Waals surface area (Å²) in [6, 6.07) is 10.7. The van der Waals surface area contributed by atoms with E-state index in [-0.39, 0.29) is 0 Å². The number of hydrogen-bond acceptors (Lipinski definition) is 3. The fraction of sp³-hybridized carbons (Fsp3) is 0.588. The molecule has 20 heavy (non-hydrogen) atoms. The van der Waals surface area contributed by atoms with E-state index in [1.54, 1.807) is 0 Å². The summed E-state index contributed by atoms with van der Waals surface area (Å²) in [7, 11) is 0. The molecule has 108 valence electrons. The van der Waals surface area contributed by atoms with Crippen LogP contribution in [-0.2, 0) is 6.42 Å². The monoisotopic (exact) mass is 272 g/mol. The lowest BCUT2D eigenvalue weighted by molar-refractivity contribution is 0.171. The second-order valence-electron chi connectivity index (χ2n) is 5.56. The van der Waals surface area contributed by atoms with Gasteiger partial charge in [0.15, 0.2) is 0 Å². The van der Waals surface area contributed by atoms with Gasteiger partial charge in [-0.3, -0.25) is 4.90 Å². The second kappa shape index (κ2) is 7.91. The Morgan fingerprint density at radius 2 is 2.05 bits per heavy atom. The molecule has 3 nitrogen and oxygen atoms in total. The summed E-state index contributed by atoms with van der Waals surface area (Å²) in [6.07, 6.45) is 5.81. The van der Waals surface area contributed by atoms with E-state index in [9.17, 15) is 0 Å². The molecule has 0 bridgehead atoms. The summed E-state index contributed by atoms with van der Waals surface area (Å²) >= 11 is 0. The van der Waals surface area contributed by atoms with Crippen molar-refractivity contribution in [3.05, 3.63) is 29.8 Å². The highest BCUT2D eigenvalue weighted by Gasteiger charge is 2.16. The molecule has 0 aromatic heterocycles. The molecule has 1 atom stereocenters. The Morgan fingerprint density at radius 3 is 2.80 bits per heavy atom. The maximum atomic E-state index is 8.64. The van der Waals surface area contributed by atoms with Crippen molar-refractivity contribution >= 4 is 0 Å². The lowest BCUT2D eigenvalue weighted by Crippen LogP contribution is -2.35. The van der Waals surface area contributed by atoms with Crippen LogP contribution in [0, 0.1) is 11.3 Å². The molecule has 1 aliphatic heterocycles. The van der Waals surface area contributed by atoms with Crippen molar-refractivity contribution in [1.82, 2.24) is 4.90 Å². The Kier molecular flexibility index (Phi) is 5.88. The van der Waals surface area contributed by atoms with Gasteiger partial charge in [0.1, 0.15) is 12.4 Å². The molecule has 3 heteroatoms. The Balaban J connectivity index is 1.76. The number of hydrogen-bond donors (Lipinski definition) is 0. The van der Waals surface area contributed by atoms with Gasteiger partial charge in [-0.1, -0.05) is 25.0 Å². The maximum Gasteiger partial charge on any atom is 0.119 e. The predicted octanol–water partition coefficient (Wildman–Crippen LogP) is 3.40. The molecule has 1 aliphatic rings. The van der Waals surface area contributed by atoms with Gasteiger partial charge in [0.05, 0.1) is 12.5 Å². The predicted molar refractivity (Wildman–Crippen MR) is 80.8 cm³/mol. The van der Waals surface area contributed by atoms with Gasteiger partial charge < -0.3 is 4.74 Å². The van der Waals surface area contributed by atoms with Crippen molar-refractivity contribution in [3.63, 3.8) is 0 Å². The van der Waals surface area contributed by atoms with Crippen LogP contribution in [0.4, 0.5) is 0 Å². The number of ether oxygens (including phenoxy) is 1. The largest absolute Gasteiger partial charge is 0.492 e. The summed E-state index contributed by atoms with van der Waals surface area (Å²) < 4.78 is 5.81. The molecular weight excluding hydrogens is 248 g/mol. The zero-order valence-electron chi connectivity index (χ0n) is 12.3. The Hall–Kier alpha value is -1.53. The lowest BCUT2D eigenvalue weighted by atomic mass is 10.1. The molecule has 1 aromatic rings. The Morgan fingerprint density at radius 1 is 1.25 bits per heavy atom. The first-order chi connectivity index (χ1) is 9.79. The lowest BCUT2D eigenvalue weighted by Gasteiger charge is -2.26. The summed E-state index contributed by atoms with van der Waals surface area (Å²) in [5.74, 6) is 0.897. The zero-order valence-corrected chi connectivity index (χ0v) is 12.3. The molecule has 2 rings (SSSR count). The molecule has 1 saturated heterocycles. The van der Waals surface area contributed by atoms with Crippen molar-refractivity contribution in [2.75, 3.05) is 19.7 Å². The van der Waals surface area contributed by atoms with Gasteiger partial charge in [-0.15, -0.1) is 0 Å². The van der Waals surface area contributed by atoms with Crippen LogP contribution in [0.3, 0.4) is 0 Å². The van der Waals surface area contributed by atoms with Gasteiger partial charge >= 0.3 is 0 Å². The van der Waals surface area contributed by atoms with Gasteiger partial charge in [-0.25, -0.2) is 0 Å².